The Morgan fingerprint density at radius 1 is 1.57 bits per heavy atom. The van der Waals surface area contributed by atoms with Gasteiger partial charge in [0.1, 0.15) is 11.4 Å². The van der Waals surface area contributed by atoms with Crippen LogP contribution in [0.1, 0.15) is 25.3 Å². The van der Waals surface area contributed by atoms with Crippen molar-refractivity contribution in [3.8, 4) is 5.75 Å². The molecule has 2 rings (SSSR count). The maximum Gasteiger partial charge on any atom is 0.256 e. The van der Waals surface area contributed by atoms with Crippen LogP contribution in [0.4, 0.5) is 5.69 Å². The third-order valence-corrected chi connectivity index (χ3v) is 3.57. The van der Waals surface area contributed by atoms with Crippen LogP contribution in [0.2, 0.25) is 0 Å². The molecule has 0 saturated carbocycles. The van der Waals surface area contributed by atoms with Crippen LogP contribution in [0, 0.1) is 0 Å². The Hall–Kier alpha value is -2.28. The number of nitrogens with two attached hydrogens (primary N) is 1. The minimum atomic E-state index is -0.872. The van der Waals surface area contributed by atoms with E-state index in [0.29, 0.717) is 30.0 Å². The Bertz CT molecular complexity index is 565. The first-order valence-electron chi connectivity index (χ1n) is 6.62. The van der Waals surface area contributed by atoms with E-state index < -0.39 is 5.60 Å². The van der Waals surface area contributed by atoms with Crippen LogP contribution in [-0.4, -0.2) is 36.3 Å². The second-order valence-electron chi connectivity index (χ2n) is 5.01. The van der Waals surface area contributed by atoms with E-state index in [1.54, 1.807) is 25.1 Å². The molecular formula is C14H19N3O4. The van der Waals surface area contributed by atoms with E-state index in [9.17, 15) is 4.79 Å². The number of amides is 1. The number of para-hydroxylation sites is 1. The largest absolute Gasteiger partial charge is 0.495 e. The number of carbonyl (C=O) groups is 1. The molecule has 1 aliphatic heterocycles. The van der Waals surface area contributed by atoms with Crippen molar-refractivity contribution in [3.05, 3.63) is 23.8 Å². The lowest BCUT2D eigenvalue weighted by Gasteiger charge is -2.23. The van der Waals surface area contributed by atoms with Gasteiger partial charge < -0.3 is 25.7 Å². The number of amidine groups is 1. The number of ether oxygens (including phenoxy) is 2. The second kappa shape index (κ2) is 6.01. The number of hydrogen-bond donors (Lipinski definition) is 3. The van der Waals surface area contributed by atoms with Crippen LogP contribution in [0.3, 0.4) is 0 Å². The summed E-state index contributed by atoms with van der Waals surface area (Å²) in [5, 5.41) is 14.6. The quantitative estimate of drug-likeness (QED) is 0.336. The molecule has 1 unspecified atom stereocenters. The number of benzene rings is 1. The lowest BCUT2D eigenvalue weighted by molar-refractivity contribution is -0.133. The normalized spacial score (nSPS) is 22.1. The molecule has 7 nitrogen and oxygen atoms in total. The van der Waals surface area contributed by atoms with Gasteiger partial charge in [-0.05, 0) is 31.9 Å². The molecular weight excluding hydrogens is 274 g/mol. The van der Waals surface area contributed by atoms with E-state index in [0.717, 1.165) is 6.42 Å². The summed E-state index contributed by atoms with van der Waals surface area (Å²) in [7, 11) is 1.48. The SMILES string of the molecule is COc1cccc(/C(N)=N/O)c1NC(=O)C1(C)CCCO1. The van der Waals surface area contributed by atoms with Gasteiger partial charge in [-0.15, -0.1) is 0 Å². The molecule has 7 heteroatoms. The summed E-state index contributed by atoms with van der Waals surface area (Å²) in [6.07, 6.45) is 1.48. The van der Waals surface area contributed by atoms with Gasteiger partial charge in [0.2, 0.25) is 0 Å². The number of nitrogens with one attached hydrogen (secondary N) is 1. The third-order valence-electron chi connectivity index (χ3n) is 3.57. The zero-order valence-electron chi connectivity index (χ0n) is 12.0. The van der Waals surface area contributed by atoms with E-state index in [1.165, 1.54) is 7.11 Å². The summed E-state index contributed by atoms with van der Waals surface area (Å²) in [5.74, 6) is 0.0345. The maximum atomic E-state index is 12.4. The highest BCUT2D eigenvalue weighted by Crippen LogP contribution is 2.32. The zero-order valence-corrected chi connectivity index (χ0v) is 12.0. The number of anilines is 1. The van der Waals surface area contributed by atoms with E-state index >= 15 is 0 Å². The molecule has 1 atom stereocenters. The molecule has 1 aromatic carbocycles. The predicted octanol–water partition coefficient (Wildman–Crippen LogP) is 1.30. The van der Waals surface area contributed by atoms with Crippen LogP contribution in [0.5, 0.6) is 5.75 Å². The average Bonchev–Trinajstić information content (AvgIpc) is 2.94. The third kappa shape index (κ3) is 2.92. The van der Waals surface area contributed by atoms with E-state index in [2.05, 4.69) is 10.5 Å². The highest BCUT2D eigenvalue weighted by molar-refractivity contribution is 6.08. The van der Waals surface area contributed by atoms with E-state index in [4.69, 9.17) is 20.4 Å². The first kappa shape index (κ1) is 15.1. The summed E-state index contributed by atoms with van der Waals surface area (Å²) >= 11 is 0. The Labute approximate surface area is 122 Å². The maximum absolute atomic E-state index is 12.4. The Morgan fingerprint density at radius 3 is 2.90 bits per heavy atom. The van der Waals surface area contributed by atoms with Gasteiger partial charge in [-0.3, -0.25) is 4.79 Å². The lowest BCUT2D eigenvalue weighted by Crippen LogP contribution is -2.39. The molecule has 1 saturated heterocycles. The molecule has 0 bridgehead atoms. The summed E-state index contributed by atoms with van der Waals surface area (Å²) in [4.78, 5) is 12.4. The van der Waals surface area contributed by atoms with Gasteiger partial charge in [0.15, 0.2) is 5.84 Å². The Morgan fingerprint density at radius 2 is 2.33 bits per heavy atom. The van der Waals surface area contributed by atoms with Gasteiger partial charge >= 0.3 is 0 Å². The van der Waals surface area contributed by atoms with Crippen molar-refractivity contribution in [1.29, 1.82) is 0 Å². The number of oxime groups is 1. The molecule has 0 aromatic heterocycles. The minimum absolute atomic E-state index is 0.110. The molecule has 0 aliphatic carbocycles. The molecule has 4 N–H and O–H groups in total. The smallest absolute Gasteiger partial charge is 0.256 e. The molecule has 1 aliphatic rings. The first-order valence-corrected chi connectivity index (χ1v) is 6.62. The van der Waals surface area contributed by atoms with Crippen molar-refractivity contribution in [2.45, 2.75) is 25.4 Å². The fourth-order valence-corrected chi connectivity index (χ4v) is 2.30. The van der Waals surface area contributed by atoms with Crippen molar-refractivity contribution in [3.63, 3.8) is 0 Å². The number of methoxy groups -OCH3 is 1. The van der Waals surface area contributed by atoms with Crippen molar-refractivity contribution in [1.82, 2.24) is 0 Å². The van der Waals surface area contributed by atoms with Crippen LogP contribution < -0.4 is 15.8 Å². The zero-order chi connectivity index (χ0) is 15.5. The Balaban J connectivity index is 2.36. The van der Waals surface area contributed by atoms with Crippen molar-refractivity contribution in [2.24, 2.45) is 10.9 Å². The standard InChI is InChI=1S/C14H19N3O4/c1-14(7-4-8-21-14)13(18)16-11-9(12(15)17-19)5-3-6-10(11)20-2/h3,5-6,19H,4,7-8H2,1-2H3,(H2,15,17)(H,16,18). The van der Waals surface area contributed by atoms with Crippen molar-refractivity contribution >= 4 is 17.4 Å². The summed E-state index contributed by atoms with van der Waals surface area (Å²) < 4.78 is 10.7. The number of hydrogen-bond acceptors (Lipinski definition) is 5. The lowest BCUT2D eigenvalue weighted by atomic mass is 10.0. The van der Waals surface area contributed by atoms with Gasteiger partial charge in [-0.25, -0.2) is 0 Å². The molecule has 114 valence electrons. The molecule has 1 amide bonds. The summed E-state index contributed by atoms with van der Waals surface area (Å²) in [6.45, 7) is 2.30. The molecule has 0 radical (unpaired) electrons. The molecule has 1 fully saturated rings. The van der Waals surface area contributed by atoms with Crippen molar-refractivity contribution in [2.75, 3.05) is 19.0 Å². The molecule has 0 spiro atoms. The highest BCUT2D eigenvalue weighted by atomic mass is 16.5. The molecule has 1 heterocycles. The van der Waals surface area contributed by atoms with Gasteiger partial charge in [0, 0.05) is 12.2 Å². The number of rotatable bonds is 4. The monoisotopic (exact) mass is 293 g/mol. The average molecular weight is 293 g/mol. The van der Waals surface area contributed by atoms with Gasteiger partial charge in [-0.2, -0.15) is 0 Å². The predicted molar refractivity (Wildman–Crippen MR) is 77.7 cm³/mol. The van der Waals surface area contributed by atoms with Gasteiger partial charge in [0.05, 0.1) is 12.8 Å². The van der Waals surface area contributed by atoms with E-state index in [-0.39, 0.29) is 11.7 Å². The topological polar surface area (TPSA) is 106 Å². The summed E-state index contributed by atoms with van der Waals surface area (Å²) in [6, 6.07) is 5.00. The fraction of sp³-hybridized carbons (Fsp3) is 0.429. The van der Waals surface area contributed by atoms with Crippen molar-refractivity contribution < 1.29 is 19.5 Å². The van der Waals surface area contributed by atoms with Crippen LogP contribution in [0.25, 0.3) is 0 Å². The van der Waals surface area contributed by atoms with Gasteiger partial charge in [-0.1, -0.05) is 11.2 Å². The van der Waals surface area contributed by atoms with Crippen LogP contribution in [0.15, 0.2) is 23.4 Å². The van der Waals surface area contributed by atoms with Gasteiger partial charge in [0.25, 0.3) is 5.91 Å². The summed E-state index contributed by atoms with van der Waals surface area (Å²) in [5.41, 5.74) is 5.51. The van der Waals surface area contributed by atoms with Crippen LogP contribution in [-0.2, 0) is 9.53 Å². The minimum Gasteiger partial charge on any atom is -0.495 e. The Kier molecular flexibility index (Phi) is 4.32. The fourth-order valence-electron chi connectivity index (χ4n) is 2.30. The first-order chi connectivity index (χ1) is 10.0. The van der Waals surface area contributed by atoms with E-state index in [1.807, 2.05) is 0 Å². The highest BCUT2D eigenvalue weighted by Gasteiger charge is 2.38. The molecule has 1 aromatic rings. The number of carbonyl (C=O) groups excluding carboxylic acids is 1. The number of nitrogens with zero attached hydrogens (tertiary/aromatic N) is 1. The second-order valence-corrected chi connectivity index (χ2v) is 5.01. The molecule has 21 heavy (non-hydrogen) atoms. The van der Waals surface area contributed by atoms with Crippen LogP contribution >= 0.6 is 0 Å².